The van der Waals surface area contributed by atoms with Gasteiger partial charge in [0.1, 0.15) is 0 Å². The van der Waals surface area contributed by atoms with Crippen LogP contribution >= 0.6 is 11.8 Å². The van der Waals surface area contributed by atoms with Crippen LogP contribution in [0.1, 0.15) is 27.2 Å². The highest BCUT2D eigenvalue weighted by atomic mass is 32.2. The molecule has 1 atom stereocenters. The van der Waals surface area contributed by atoms with Crippen LogP contribution < -0.4 is 0 Å². The predicted molar refractivity (Wildman–Crippen MR) is 58.7 cm³/mol. The van der Waals surface area contributed by atoms with Gasteiger partial charge in [-0.25, -0.2) is 0 Å². The van der Waals surface area contributed by atoms with Crippen molar-refractivity contribution in [2.75, 3.05) is 12.8 Å². The molecule has 0 bridgehead atoms. The minimum atomic E-state index is 0.449. The highest BCUT2D eigenvalue weighted by molar-refractivity contribution is 8.13. The highest BCUT2D eigenvalue weighted by Gasteiger charge is 2.13. The Morgan fingerprint density at radius 3 is 2.54 bits per heavy atom. The van der Waals surface area contributed by atoms with E-state index >= 15 is 0 Å². The second-order valence-corrected chi connectivity index (χ2v) is 3.52. The lowest BCUT2D eigenvalue weighted by atomic mass is 10.2. The van der Waals surface area contributed by atoms with Crippen LogP contribution in [0.3, 0.4) is 0 Å². The standard InChI is InChI=1S/C9H17N3S/c1-5-8(3)12(6-2)9(13-4)11-7-10/h8H,5-6H2,1-4H3. The molecule has 0 aliphatic rings. The molecule has 0 amide bonds. The number of rotatable bonds is 3. The van der Waals surface area contributed by atoms with Gasteiger partial charge in [-0.15, -0.1) is 4.99 Å². The van der Waals surface area contributed by atoms with Gasteiger partial charge in [0.05, 0.1) is 0 Å². The van der Waals surface area contributed by atoms with Gasteiger partial charge in [-0.1, -0.05) is 18.7 Å². The third-order valence-corrected chi connectivity index (χ3v) is 2.73. The van der Waals surface area contributed by atoms with Gasteiger partial charge in [0.25, 0.3) is 0 Å². The molecule has 0 fully saturated rings. The third kappa shape index (κ3) is 3.69. The van der Waals surface area contributed by atoms with Crippen LogP contribution in [-0.2, 0) is 0 Å². The van der Waals surface area contributed by atoms with E-state index in [0.29, 0.717) is 6.04 Å². The number of thioether (sulfide) groups is 1. The first-order chi connectivity index (χ1) is 6.21. The van der Waals surface area contributed by atoms with Crippen LogP contribution in [0.25, 0.3) is 0 Å². The number of nitrogens with zero attached hydrogens (tertiary/aromatic N) is 3. The minimum Gasteiger partial charge on any atom is -0.348 e. The van der Waals surface area contributed by atoms with Crippen LogP contribution in [0.2, 0.25) is 0 Å². The maximum absolute atomic E-state index is 8.49. The van der Waals surface area contributed by atoms with Gasteiger partial charge in [0.15, 0.2) is 5.17 Å². The Morgan fingerprint density at radius 2 is 2.23 bits per heavy atom. The molecule has 0 radical (unpaired) electrons. The van der Waals surface area contributed by atoms with Crippen molar-refractivity contribution < 1.29 is 0 Å². The molecule has 0 rings (SSSR count). The Labute approximate surface area is 84.8 Å². The number of hydrogen-bond acceptors (Lipinski definition) is 3. The number of amidine groups is 1. The molecule has 0 aromatic heterocycles. The van der Waals surface area contributed by atoms with Gasteiger partial charge < -0.3 is 4.90 Å². The number of nitriles is 1. The average molecular weight is 199 g/mol. The fourth-order valence-corrected chi connectivity index (χ4v) is 1.80. The van der Waals surface area contributed by atoms with Crippen molar-refractivity contribution in [3.05, 3.63) is 0 Å². The van der Waals surface area contributed by atoms with Crippen molar-refractivity contribution in [1.29, 1.82) is 5.26 Å². The van der Waals surface area contributed by atoms with Crippen LogP contribution in [0.5, 0.6) is 0 Å². The molecule has 74 valence electrons. The average Bonchev–Trinajstić information content (AvgIpc) is 2.17. The first-order valence-electron chi connectivity index (χ1n) is 4.48. The van der Waals surface area contributed by atoms with Gasteiger partial charge in [0, 0.05) is 12.6 Å². The van der Waals surface area contributed by atoms with Gasteiger partial charge in [-0.2, -0.15) is 5.26 Å². The number of hydrogen-bond donors (Lipinski definition) is 0. The summed E-state index contributed by atoms with van der Waals surface area (Å²) < 4.78 is 0. The lowest BCUT2D eigenvalue weighted by molar-refractivity contribution is 0.343. The summed E-state index contributed by atoms with van der Waals surface area (Å²) in [5, 5.41) is 9.31. The Balaban J connectivity index is 4.54. The lowest BCUT2D eigenvalue weighted by Crippen LogP contribution is -2.36. The fraction of sp³-hybridized carbons (Fsp3) is 0.778. The molecule has 0 heterocycles. The van der Waals surface area contributed by atoms with E-state index in [4.69, 9.17) is 5.26 Å². The summed E-state index contributed by atoms with van der Waals surface area (Å²) in [7, 11) is 0. The number of aliphatic imine (C=N–C) groups is 1. The molecule has 0 saturated heterocycles. The van der Waals surface area contributed by atoms with Gasteiger partial charge in [-0.3, -0.25) is 0 Å². The fourth-order valence-electron chi connectivity index (χ4n) is 1.13. The third-order valence-electron chi connectivity index (χ3n) is 2.04. The van der Waals surface area contributed by atoms with E-state index in [9.17, 15) is 0 Å². The lowest BCUT2D eigenvalue weighted by Gasteiger charge is -2.28. The van der Waals surface area contributed by atoms with E-state index in [1.54, 1.807) is 0 Å². The summed E-state index contributed by atoms with van der Waals surface area (Å²) in [6, 6.07) is 0.449. The summed E-state index contributed by atoms with van der Waals surface area (Å²) in [5.41, 5.74) is 0. The van der Waals surface area contributed by atoms with E-state index in [-0.39, 0.29) is 0 Å². The zero-order valence-corrected chi connectivity index (χ0v) is 9.56. The van der Waals surface area contributed by atoms with Crippen molar-refractivity contribution in [3.8, 4) is 6.19 Å². The SMILES string of the molecule is CCC(C)N(CC)C(=NC#N)SC. The second-order valence-electron chi connectivity index (χ2n) is 2.74. The summed E-state index contributed by atoms with van der Waals surface area (Å²) in [6.07, 6.45) is 4.85. The maximum Gasteiger partial charge on any atom is 0.208 e. The molecular weight excluding hydrogens is 182 g/mol. The van der Waals surface area contributed by atoms with Crippen LogP contribution in [0.4, 0.5) is 0 Å². The highest BCUT2D eigenvalue weighted by Crippen LogP contribution is 2.11. The minimum absolute atomic E-state index is 0.449. The van der Waals surface area contributed by atoms with Crippen LogP contribution in [-0.4, -0.2) is 28.9 Å². The second kappa shape index (κ2) is 6.79. The molecule has 0 saturated carbocycles. The van der Waals surface area contributed by atoms with Crippen molar-refractivity contribution in [2.24, 2.45) is 4.99 Å². The predicted octanol–water partition coefficient (Wildman–Crippen LogP) is 2.31. The molecule has 0 aromatic carbocycles. The molecule has 3 nitrogen and oxygen atoms in total. The molecule has 4 heteroatoms. The Kier molecular flexibility index (Phi) is 6.43. The van der Waals surface area contributed by atoms with Gasteiger partial charge >= 0.3 is 0 Å². The van der Waals surface area contributed by atoms with Crippen LogP contribution in [0.15, 0.2) is 4.99 Å². The van der Waals surface area contributed by atoms with E-state index in [2.05, 4.69) is 30.7 Å². The molecule has 0 aliphatic carbocycles. The first-order valence-corrected chi connectivity index (χ1v) is 5.71. The monoisotopic (exact) mass is 199 g/mol. The zero-order chi connectivity index (χ0) is 10.3. The van der Waals surface area contributed by atoms with E-state index in [0.717, 1.165) is 18.1 Å². The Morgan fingerprint density at radius 1 is 1.62 bits per heavy atom. The topological polar surface area (TPSA) is 39.4 Å². The van der Waals surface area contributed by atoms with E-state index in [1.807, 2.05) is 12.4 Å². The van der Waals surface area contributed by atoms with Crippen molar-refractivity contribution >= 4 is 16.9 Å². The first kappa shape index (κ1) is 12.3. The van der Waals surface area contributed by atoms with Crippen LogP contribution in [0, 0.1) is 11.5 Å². The van der Waals surface area contributed by atoms with Crippen molar-refractivity contribution in [1.82, 2.24) is 4.90 Å². The normalized spacial score (nSPS) is 13.6. The molecular formula is C9H17N3S. The Bertz CT molecular complexity index is 207. The Hall–Kier alpha value is -0.690. The van der Waals surface area contributed by atoms with Crippen molar-refractivity contribution in [3.63, 3.8) is 0 Å². The van der Waals surface area contributed by atoms with Crippen molar-refractivity contribution in [2.45, 2.75) is 33.2 Å². The summed E-state index contributed by atoms with van der Waals surface area (Å²) in [4.78, 5) is 5.94. The van der Waals surface area contributed by atoms with E-state index in [1.165, 1.54) is 11.8 Å². The van der Waals surface area contributed by atoms with Gasteiger partial charge in [0.2, 0.25) is 6.19 Å². The molecule has 0 spiro atoms. The molecule has 1 unspecified atom stereocenters. The summed E-state index contributed by atoms with van der Waals surface area (Å²) in [5.74, 6) is 0. The molecule has 0 N–H and O–H groups in total. The smallest absolute Gasteiger partial charge is 0.208 e. The quantitative estimate of drug-likeness (QED) is 0.398. The zero-order valence-electron chi connectivity index (χ0n) is 8.74. The summed E-state index contributed by atoms with van der Waals surface area (Å²) in [6.45, 7) is 7.26. The van der Waals surface area contributed by atoms with E-state index < -0.39 is 0 Å². The maximum atomic E-state index is 8.49. The summed E-state index contributed by atoms with van der Waals surface area (Å²) >= 11 is 1.52. The largest absolute Gasteiger partial charge is 0.348 e. The van der Waals surface area contributed by atoms with Gasteiger partial charge in [-0.05, 0) is 26.5 Å². The molecule has 13 heavy (non-hydrogen) atoms. The molecule has 0 aliphatic heterocycles. The molecule has 0 aromatic rings.